The zero-order chi connectivity index (χ0) is 28.9. The number of carbonyl (C=O) groups excluding carboxylic acids is 1. The van der Waals surface area contributed by atoms with Gasteiger partial charge in [0.1, 0.15) is 11.5 Å². The number of halogens is 9. The first kappa shape index (κ1) is 29.0. The van der Waals surface area contributed by atoms with E-state index in [1.807, 2.05) is 20.8 Å². The minimum atomic E-state index is -7.37. The van der Waals surface area contributed by atoms with E-state index in [2.05, 4.69) is 4.18 Å². The maximum atomic E-state index is 14.1. The maximum Gasteiger partial charge on any atom is 0.460 e. The second kappa shape index (κ2) is 8.50. The van der Waals surface area contributed by atoms with Gasteiger partial charge in [0, 0.05) is 11.3 Å². The normalized spacial score (nSPS) is 32.4. The molecule has 0 saturated heterocycles. The van der Waals surface area contributed by atoms with Crippen LogP contribution in [0.3, 0.4) is 0 Å². The number of Topliss-reactive ketones (excluding diaryl/α,β-unsaturated/α-hetero) is 1. The largest absolute Gasteiger partial charge is 0.460 e. The molecule has 4 nitrogen and oxygen atoms in total. The van der Waals surface area contributed by atoms with E-state index in [1.54, 1.807) is 0 Å². The molecule has 5 unspecified atom stereocenters. The highest BCUT2D eigenvalue weighted by molar-refractivity contribution is 7.88. The van der Waals surface area contributed by atoms with Gasteiger partial charge in [-0.3, -0.25) is 4.79 Å². The summed E-state index contributed by atoms with van der Waals surface area (Å²) in [6.07, 6.45) is -4.99. The Labute approximate surface area is 213 Å². The van der Waals surface area contributed by atoms with E-state index in [4.69, 9.17) is 0 Å². The summed E-state index contributed by atoms with van der Waals surface area (Å²) in [5.74, 6) is -15.4. The van der Waals surface area contributed by atoms with Crippen LogP contribution in [0.4, 0.5) is 39.5 Å². The molecule has 6 atom stereocenters. The van der Waals surface area contributed by atoms with Crippen LogP contribution in [0, 0.1) is 29.1 Å². The fraction of sp³-hybridized carbons (Fsp3) is 0.708. The molecule has 2 saturated carbocycles. The first-order valence-corrected chi connectivity index (χ1v) is 13.3. The van der Waals surface area contributed by atoms with Gasteiger partial charge in [-0.2, -0.15) is 47.9 Å². The van der Waals surface area contributed by atoms with Gasteiger partial charge in [-0.05, 0) is 72.6 Å². The molecule has 1 aromatic rings. The smallest absolute Gasteiger partial charge is 0.378 e. The zero-order valence-electron chi connectivity index (χ0n) is 20.4. The Balaban J connectivity index is 1.63. The van der Waals surface area contributed by atoms with Gasteiger partial charge in [-0.15, -0.1) is 0 Å². The van der Waals surface area contributed by atoms with Gasteiger partial charge in [0.25, 0.3) is 0 Å². The lowest BCUT2D eigenvalue weighted by Gasteiger charge is -2.51. The number of hydrogen-bond donors (Lipinski definition) is 0. The van der Waals surface area contributed by atoms with Crippen LogP contribution in [-0.4, -0.2) is 37.5 Å². The van der Waals surface area contributed by atoms with Crippen LogP contribution in [0.5, 0.6) is 5.75 Å². The standard InChI is InChI=1S/C24H25F9O4S/c1-11-8-17-16-6-4-13-9-14(5-7-15(13)18(16)12(2)10-20(17,3)19(11)34)37-38(35,36)24(32,33)22(27,28)21(25,26)23(29,30)31/h5,7,9,11-12,16-18H,4,6,8,10H2,1-3H3/t11?,12?,16?,17?,18?,20-/m0/s1. The van der Waals surface area contributed by atoms with Crippen LogP contribution in [-0.2, 0) is 21.3 Å². The number of hydrogen-bond acceptors (Lipinski definition) is 4. The second-order valence-corrected chi connectivity index (χ2v) is 12.6. The fourth-order valence-electron chi connectivity index (χ4n) is 6.97. The highest BCUT2D eigenvalue weighted by Gasteiger charge is 2.86. The molecule has 0 heterocycles. The van der Waals surface area contributed by atoms with Crippen molar-refractivity contribution < 1.29 is 56.9 Å². The summed E-state index contributed by atoms with van der Waals surface area (Å²) in [5, 5.41) is -6.92. The van der Waals surface area contributed by atoms with E-state index in [0.29, 0.717) is 31.2 Å². The topological polar surface area (TPSA) is 60.4 Å². The van der Waals surface area contributed by atoms with E-state index in [0.717, 1.165) is 17.7 Å². The first-order valence-electron chi connectivity index (χ1n) is 11.9. The molecule has 0 amide bonds. The lowest BCUT2D eigenvalue weighted by molar-refractivity contribution is -0.382. The van der Waals surface area contributed by atoms with Crippen LogP contribution in [0.25, 0.3) is 0 Å². The van der Waals surface area contributed by atoms with Crippen LogP contribution in [0.1, 0.15) is 57.1 Å². The molecule has 3 aliphatic rings. The molecule has 0 bridgehead atoms. The van der Waals surface area contributed by atoms with Crippen LogP contribution in [0.2, 0.25) is 0 Å². The third-order valence-electron chi connectivity index (χ3n) is 8.63. The van der Waals surface area contributed by atoms with Crippen molar-refractivity contribution in [2.75, 3.05) is 0 Å². The number of ketones is 1. The minimum absolute atomic E-state index is 0.0117. The fourth-order valence-corrected chi connectivity index (χ4v) is 7.88. The van der Waals surface area contributed by atoms with Crippen molar-refractivity contribution >= 4 is 15.9 Å². The average Bonchev–Trinajstić information content (AvgIpc) is 3.00. The van der Waals surface area contributed by atoms with E-state index in [-0.39, 0.29) is 35.4 Å². The van der Waals surface area contributed by atoms with Gasteiger partial charge in [0.2, 0.25) is 0 Å². The molecule has 2 fully saturated rings. The summed E-state index contributed by atoms with van der Waals surface area (Å²) in [6.45, 7) is 5.81. The molecule has 1 aromatic carbocycles. The Bertz CT molecular complexity index is 1240. The maximum absolute atomic E-state index is 14.1. The van der Waals surface area contributed by atoms with Crippen molar-refractivity contribution in [2.45, 2.75) is 75.6 Å². The Hall–Kier alpha value is -1.99. The lowest BCUT2D eigenvalue weighted by Crippen LogP contribution is -2.63. The number of rotatable bonds is 5. The third-order valence-corrected chi connectivity index (χ3v) is 9.93. The summed E-state index contributed by atoms with van der Waals surface area (Å²) < 4.78 is 147. The number of aryl methyl sites for hydroxylation is 1. The molecular weight excluding hydrogens is 555 g/mol. The summed E-state index contributed by atoms with van der Waals surface area (Å²) in [5.41, 5.74) is 0.694. The van der Waals surface area contributed by atoms with Crippen molar-refractivity contribution in [3.05, 3.63) is 29.3 Å². The van der Waals surface area contributed by atoms with Gasteiger partial charge in [0.05, 0.1) is 0 Å². The van der Waals surface area contributed by atoms with Crippen LogP contribution in [0.15, 0.2) is 18.2 Å². The molecule has 214 valence electrons. The summed E-state index contributed by atoms with van der Waals surface area (Å²) >= 11 is 0. The molecule has 38 heavy (non-hydrogen) atoms. The summed E-state index contributed by atoms with van der Waals surface area (Å²) in [6, 6.07) is 3.22. The minimum Gasteiger partial charge on any atom is -0.378 e. The number of alkyl halides is 9. The molecule has 0 spiro atoms. The van der Waals surface area contributed by atoms with Crippen molar-refractivity contribution in [3.8, 4) is 5.75 Å². The quantitative estimate of drug-likeness (QED) is 0.286. The van der Waals surface area contributed by atoms with E-state index in [9.17, 15) is 52.7 Å². The van der Waals surface area contributed by atoms with Crippen LogP contribution >= 0.6 is 0 Å². The van der Waals surface area contributed by atoms with E-state index >= 15 is 0 Å². The van der Waals surface area contributed by atoms with Gasteiger partial charge >= 0.3 is 33.4 Å². The van der Waals surface area contributed by atoms with Gasteiger partial charge in [-0.1, -0.05) is 26.8 Å². The molecule has 0 radical (unpaired) electrons. The first-order chi connectivity index (χ1) is 17.1. The molecule has 4 rings (SSSR count). The highest BCUT2D eigenvalue weighted by Crippen LogP contribution is 2.62. The summed E-state index contributed by atoms with van der Waals surface area (Å²) in [7, 11) is -7.01. The molecule has 0 N–H and O–H groups in total. The molecule has 0 aromatic heterocycles. The monoisotopic (exact) mass is 580 g/mol. The average molecular weight is 581 g/mol. The Morgan fingerprint density at radius 3 is 2.16 bits per heavy atom. The van der Waals surface area contributed by atoms with Gasteiger partial charge in [-0.25, -0.2) is 0 Å². The van der Waals surface area contributed by atoms with E-state index < -0.39 is 44.6 Å². The van der Waals surface area contributed by atoms with Gasteiger partial charge < -0.3 is 4.18 Å². The SMILES string of the molecule is CC1CC2C3CCc4cc(OS(=O)(=O)C(F)(F)C(F)(F)C(F)(F)C(F)(F)F)ccc4C3C(C)C[C@]2(C)C1=O. The van der Waals surface area contributed by atoms with Crippen molar-refractivity contribution in [1.29, 1.82) is 0 Å². The molecular formula is C24H25F9O4S. The number of carbonyl (C=O) groups is 1. The predicted octanol–water partition coefficient (Wildman–Crippen LogP) is 6.74. The van der Waals surface area contributed by atoms with Crippen molar-refractivity contribution in [3.63, 3.8) is 0 Å². The number of fused-ring (bicyclic) bond motifs is 5. The lowest BCUT2D eigenvalue weighted by atomic mass is 9.52. The van der Waals surface area contributed by atoms with Crippen molar-refractivity contribution in [2.24, 2.45) is 29.1 Å². The molecule has 3 aliphatic carbocycles. The Morgan fingerprint density at radius 1 is 0.974 bits per heavy atom. The van der Waals surface area contributed by atoms with E-state index in [1.165, 1.54) is 6.07 Å². The molecule has 14 heteroatoms. The highest BCUT2D eigenvalue weighted by atomic mass is 32.2. The van der Waals surface area contributed by atoms with Gasteiger partial charge in [0.15, 0.2) is 0 Å². The number of benzene rings is 1. The predicted molar refractivity (Wildman–Crippen MR) is 116 cm³/mol. The van der Waals surface area contributed by atoms with Crippen molar-refractivity contribution in [1.82, 2.24) is 0 Å². The third kappa shape index (κ3) is 3.86. The summed E-state index contributed by atoms with van der Waals surface area (Å²) in [4.78, 5) is 12.9. The van der Waals surface area contributed by atoms with Crippen LogP contribution < -0.4 is 4.18 Å². The Morgan fingerprint density at radius 2 is 1.58 bits per heavy atom. The second-order valence-electron chi connectivity index (χ2n) is 11.0. The zero-order valence-corrected chi connectivity index (χ0v) is 21.2. The Kier molecular flexibility index (Phi) is 6.49. The molecule has 0 aliphatic heterocycles.